The maximum absolute atomic E-state index is 10.9. The second kappa shape index (κ2) is 10.1. The molecular weight excluding hydrogens is 180 g/mol. The summed E-state index contributed by atoms with van der Waals surface area (Å²) in [5, 5.41) is 2.65. The highest BCUT2D eigenvalue weighted by molar-refractivity contribution is 5.67. The highest BCUT2D eigenvalue weighted by atomic mass is 16.5. The Morgan fingerprint density at radius 3 is 2.71 bits per heavy atom. The molecule has 0 aromatic heterocycles. The van der Waals surface area contributed by atoms with Crippen LogP contribution in [-0.4, -0.2) is 25.8 Å². The Hall–Kier alpha value is -1.03. The van der Waals surface area contributed by atoms with E-state index in [9.17, 15) is 4.79 Å². The molecule has 0 rings (SSSR count). The Bertz CT molecular complexity index is 160. The van der Waals surface area contributed by atoms with Gasteiger partial charge in [0.1, 0.15) is 6.61 Å². The number of carbonyl (C=O) groups is 1. The highest BCUT2D eigenvalue weighted by Crippen LogP contribution is 1.96. The minimum absolute atomic E-state index is 0.263. The summed E-state index contributed by atoms with van der Waals surface area (Å²) in [6, 6.07) is 0. The maximum Gasteiger partial charge on any atom is 0.407 e. The fraction of sp³-hybridized carbons (Fsp3) is 0.700. The number of hydrogen-bond donors (Lipinski definition) is 2. The second-order valence-electron chi connectivity index (χ2n) is 3.02. The minimum atomic E-state index is -0.372. The zero-order valence-electron chi connectivity index (χ0n) is 8.63. The molecule has 0 aliphatic carbocycles. The topological polar surface area (TPSA) is 64.3 Å². The van der Waals surface area contributed by atoms with E-state index in [1.165, 1.54) is 0 Å². The summed E-state index contributed by atoms with van der Waals surface area (Å²) in [5.41, 5.74) is 5.35. The molecule has 0 spiro atoms. The van der Waals surface area contributed by atoms with Gasteiger partial charge in [-0.1, -0.05) is 25.5 Å². The van der Waals surface area contributed by atoms with Gasteiger partial charge in [-0.25, -0.2) is 4.79 Å². The minimum Gasteiger partial charge on any atom is -0.445 e. The van der Waals surface area contributed by atoms with Gasteiger partial charge in [-0.15, -0.1) is 0 Å². The van der Waals surface area contributed by atoms with Gasteiger partial charge in [0.2, 0.25) is 0 Å². The van der Waals surface area contributed by atoms with Crippen LogP contribution in [0.4, 0.5) is 4.79 Å². The van der Waals surface area contributed by atoms with Crippen LogP contribution in [0.25, 0.3) is 0 Å². The van der Waals surface area contributed by atoms with E-state index < -0.39 is 0 Å². The van der Waals surface area contributed by atoms with E-state index in [0.717, 1.165) is 32.2 Å². The molecule has 82 valence electrons. The molecule has 1 amide bonds. The van der Waals surface area contributed by atoms with Gasteiger partial charge < -0.3 is 15.8 Å². The van der Waals surface area contributed by atoms with E-state index in [-0.39, 0.29) is 12.7 Å². The van der Waals surface area contributed by atoms with Gasteiger partial charge in [-0.2, -0.15) is 0 Å². The molecular formula is C10H20N2O2. The van der Waals surface area contributed by atoms with Crippen molar-refractivity contribution in [3.63, 3.8) is 0 Å². The van der Waals surface area contributed by atoms with E-state index in [1.54, 1.807) is 6.08 Å². The van der Waals surface area contributed by atoms with E-state index in [2.05, 4.69) is 11.9 Å². The lowest BCUT2D eigenvalue weighted by Crippen LogP contribution is -2.25. The third-order valence-electron chi connectivity index (χ3n) is 1.73. The van der Waals surface area contributed by atoms with Gasteiger partial charge in [-0.3, -0.25) is 0 Å². The number of nitrogens with one attached hydrogen (secondary N) is 1. The smallest absolute Gasteiger partial charge is 0.407 e. The van der Waals surface area contributed by atoms with Gasteiger partial charge in [0.15, 0.2) is 0 Å². The molecule has 0 aliphatic heterocycles. The fourth-order valence-electron chi connectivity index (χ4n) is 0.999. The van der Waals surface area contributed by atoms with Gasteiger partial charge in [-0.05, 0) is 19.4 Å². The van der Waals surface area contributed by atoms with E-state index in [4.69, 9.17) is 10.5 Å². The molecule has 14 heavy (non-hydrogen) atoms. The van der Waals surface area contributed by atoms with Crippen molar-refractivity contribution in [3.05, 3.63) is 12.7 Å². The number of nitrogens with two attached hydrogens (primary N) is 1. The Labute approximate surface area is 85.5 Å². The predicted molar refractivity (Wildman–Crippen MR) is 57.1 cm³/mol. The molecule has 0 fully saturated rings. The SMILES string of the molecule is C=CCOC(=O)NCCCCCCN. The second-order valence-corrected chi connectivity index (χ2v) is 3.02. The average Bonchev–Trinajstić information content (AvgIpc) is 2.20. The summed E-state index contributed by atoms with van der Waals surface area (Å²) in [5.74, 6) is 0. The molecule has 0 saturated carbocycles. The molecule has 0 bridgehead atoms. The lowest BCUT2D eigenvalue weighted by molar-refractivity contribution is 0.158. The summed E-state index contributed by atoms with van der Waals surface area (Å²) in [6.07, 6.45) is 5.42. The van der Waals surface area contributed by atoms with Crippen LogP contribution in [0.2, 0.25) is 0 Å². The van der Waals surface area contributed by atoms with Crippen molar-refractivity contribution >= 4 is 6.09 Å². The quantitative estimate of drug-likeness (QED) is 0.460. The largest absolute Gasteiger partial charge is 0.445 e. The Kier molecular flexibility index (Phi) is 9.31. The van der Waals surface area contributed by atoms with Crippen molar-refractivity contribution in [3.8, 4) is 0 Å². The number of rotatable bonds is 8. The first kappa shape index (κ1) is 13.0. The van der Waals surface area contributed by atoms with Crippen molar-refractivity contribution in [2.75, 3.05) is 19.7 Å². The van der Waals surface area contributed by atoms with E-state index >= 15 is 0 Å². The Morgan fingerprint density at radius 1 is 1.36 bits per heavy atom. The first-order valence-corrected chi connectivity index (χ1v) is 5.03. The monoisotopic (exact) mass is 200 g/mol. The maximum atomic E-state index is 10.9. The lowest BCUT2D eigenvalue weighted by atomic mass is 10.2. The van der Waals surface area contributed by atoms with E-state index in [0.29, 0.717) is 6.54 Å². The molecule has 4 heteroatoms. The van der Waals surface area contributed by atoms with Crippen LogP contribution >= 0.6 is 0 Å². The third-order valence-corrected chi connectivity index (χ3v) is 1.73. The van der Waals surface area contributed by atoms with Gasteiger partial charge in [0.05, 0.1) is 0 Å². The number of hydrogen-bond acceptors (Lipinski definition) is 3. The molecule has 0 unspecified atom stereocenters. The summed E-state index contributed by atoms with van der Waals surface area (Å²) in [6.45, 7) is 5.12. The number of ether oxygens (including phenoxy) is 1. The average molecular weight is 200 g/mol. The molecule has 0 radical (unpaired) electrons. The standard InChI is InChI=1S/C10H20N2O2/c1-2-9-14-10(13)12-8-6-4-3-5-7-11/h2H,1,3-9,11H2,(H,12,13). The first-order valence-electron chi connectivity index (χ1n) is 5.03. The summed E-state index contributed by atoms with van der Waals surface area (Å²) >= 11 is 0. The van der Waals surface area contributed by atoms with Crippen LogP contribution < -0.4 is 11.1 Å². The fourth-order valence-corrected chi connectivity index (χ4v) is 0.999. The zero-order valence-corrected chi connectivity index (χ0v) is 8.63. The van der Waals surface area contributed by atoms with Crippen LogP contribution in [0.3, 0.4) is 0 Å². The molecule has 0 aromatic rings. The normalized spacial score (nSPS) is 9.50. The van der Waals surface area contributed by atoms with Crippen molar-refractivity contribution in [2.24, 2.45) is 5.73 Å². The van der Waals surface area contributed by atoms with Crippen LogP contribution in [0.5, 0.6) is 0 Å². The highest BCUT2D eigenvalue weighted by Gasteiger charge is 1.97. The number of amides is 1. The first-order chi connectivity index (χ1) is 6.81. The molecule has 4 nitrogen and oxygen atoms in total. The number of unbranched alkanes of at least 4 members (excludes halogenated alkanes) is 3. The number of alkyl carbamates (subject to hydrolysis) is 1. The van der Waals surface area contributed by atoms with Crippen molar-refractivity contribution in [1.29, 1.82) is 0 Å². The van der Waals surface area contributed by atoms with Crippen LogP contribution in [0.15, 0.2) is 12.7 Å². The molecule has 0 atom stereocenters. The predicted octanol–water partition coefficient (Wildman–Crippen LogP) is 1.42. The molecule has 3 N–H and O–H groups in total. The van der Waals surface area contributed by atoms with Crippen molar-refractivity contribution in [1.82, 2.24) is 5.32 Å². The van der Waals surface area contributed by atoms with Crippen molar-refractivity contribution in [2.45, 2.75) is 25.7 Å². The summed E-state index contributed by atoms with van der Waals surface area (Å²) in [7, 11) is 0. The van der Waals surface area contributed by atoms with Crippen LogP contribution in [-0.2, 0) is 4.74 Å². The van der Waals surface area contributed by atoms with Crippen molar-refractivity contribution < 1.29 is 9.53 Å². The van der Waals surface area contributed by atoms with Crippen LogP contribution in [0.1, 0.15) is 25.7 Å². The number of carbonyl (C=O) groups excluding carboxylic acids is 1. The summed E-state index contributed by atoms with van der Waals surface area (Å²) in [4.78, 5) is 10.9. The van der Waals surface area contributed by atoms with Gasteiger partial charge in [0, 0.05) is 6.54 Å². The lowest BCUT2D eigenvalue weighted by Gasteiger charge is -2.04. The molecule has 0 saturated heterocycles. The Morgan fingerprint density at radius 2 is 2.07 bits per heavy atom. The molecule has 0 heterocycles. The van der Waals surface area contributed by atoms with E-state index in [1.807, 2.05) is 0 Å². The molecule has 0 aromatic carbocycles. The van der Waals surface area contributed by atoms with Gasteiger partial charge >= 0.3 is 6.09 Å². The van der Waals surface area contributed by atoms with Crippen LogP contribution in [0, 0.1) is 0 Å². The summed E-state index contributed by atoms with van der Waals surface area (Å²) < 4.78 is 4.73. The zero-order chi connectivity index (χ0) is 10.6. The Balaban J connectivity index is 3.10. The molecule has 0 aliphatic rings. The van der Waals surface area contributed by atoms with Gasteiger partial charge in [0.25, 0.3) is 0 Å². The third kappa shape index (κ3) is 9.06.